The van der Waals surface area contributed by atoms with Crippen molar-refractivity contribution in [3.63, 3.8) is 0 Å². The summed E-state index contributed by atoms with van der Waals surface area (Å²) in [5, 5.41) is 9.00. The minimum absolute atomic E-state index is 0.318. The molecule has 0 aromatic rings. The maximum absolute atomic E-state index is 10.9. The first-order valence-corrected chi connectivity index (χ1v) is 6.86. The van der Waals surface area contributed by atoms with E-state index in [1.807, 2.05) is 0 Å². The predicted octanol–water partition coefficient (Wildman–Crippen LogP) is 1.27. The summed E-state index contributed by atoms with van der Waals surface area (Å²) in [6, 6.07) is -0.318. The molecule has 0 saturated carbocycles. The van der Waals surface area contributed by atoms with Crippen molar-refractivity contribution in [3.05, 3.63) is 0 Å². The van der Waals surface area contributed by atoms with Crippen LogP contribution >= 0.6 is 0 Å². The molecule has 4 nitrogen and oxygen atoms in total. The third-order valence-electron chi connectivity index (χ3n) is 4.19. The van der Waals surface area contributed by atoms with Crippen molar-refractivity contribution >= 4 is 5.97 Å². The summed E-state index contributed by atoms with van der Waals surface area (Å²) in [4.78, 5) is 15.6. The summed E-state index contributed by atoms with van der Waals surface area (Å²) >= 11 is 0. The van der Waals surface area contributed by atoms with Crippen molar-refractivity contribution in [2.45, 2.75) is 38.6 Å². The minimum Gasteiger partial charge on any atom is -0.480 e. The van der Waals surface area contributed by atoms with Gasteiger partial charge >= 0.3 is 5.97 Å². The van der Waals surface area contributed by atoms with E-state index in [4.69, 9.17) is 5.11 Å². The molecule has 2 atom stereocenters. The van der Waals surface area contributed by atoms with Crippen LogP contribution in [0.25, 0.3) is 0 Å². The van der Waals surface area contributed by atoms with E-state index in [0.717, 1.165) is 19.5 Å². The van der Waals surface area contributed by atoms with Gasteiger partial charge in [0.2, 0.25) is 0 Å². The summed E-state index contributed by atoms with van der Waals surface area (Å²) in [5.41, 5.74) is 0. The molecule has 0 aliphatic carbocycles. The molecular weight excluding hydrogens is 216 g/mol. The average Bonchev–Trinajstić information content (AvgIpc) is 2.77. The largest absolute Gasteiger partial charge is 0.480 e. The topological polar surface area (TPSA) is 43.8 Å². The van der Waals surface area contributed by atoms with E-state index in [-0.39, 0.29) is 6.04 Å². The lowest BCUT2D eigenvalue weighted by Gasteiger charge is -2.29. The third-order valence-corrected chi connectivity index (χ3v) is 4.19. The zero-order chi connectivity index (χ0) is 12.3. The van der Waals surface area contributed by atoms with Crippen LogP contribution in [0.3, 0.4) is 0 Å². The number of carboxylic acid groups (broad SMARTS) is 1. The normalized spacial score (nSPS) is 29.4. The molecule has 0 aromatic carbocycles. The van der Waals surface area contributed by atoms with Crippen LogP contribution in [0.1, 0.15) is 32.6 Å². The molecule has 0 radical (unpaired) electrons. The number of hydrogen-bond acceptors (Lipinski definition) is 3. The molecule has 0 bridgehead atoms. The number of hydrogen-bond donors (Lipinski definition) is 1. The number of carbonyl (C=O) groups is 1. The number of likely N-dealkylation sites (tertiary alicyclic amines) is 2. The first-order valence-electron chi connectivity index (χ1n) is 6.86. The molecule has 0 amide bonds. The predicted molar refractivity (Wildman–Crippen MR) is 67.1 cm³/mol. The van der Waals surface area contributed by atoms with E-state index in [0.29, 0.717) is 5.92 Å². The van der Waals surface area contributed by atoms with Gasteiger partial charge in [0.1, 0.15) is 6.04 Å². The highest BCUT2D eigenvalue weighted by atomic mass is 16.4. The molecule has 2 unspecified atom stereocenters. The maximum Gasteiger partial charge on any atom is 0.320 e. The fourth-order valence-electron chi connectivity index (χ4n) is 3.03. The Balaban J connectivity index is 1.75. The van der Waals surface area contributed by atoms with Gasteiger partial charge in [0.15, 0.2) is 0 Å². The molecule has 2 heterocycles. The van der Waals surface area contributed by atoms with Gasteiger partial charge in [-0.15, -0.1) is 0 Å². The fourth-order valence-corrected chi connectivity index (χ4v) is 3.03. The molecule has 0 spiro atoms. The molecule has 1 N–H and O–H groups in total. The highest BCUT2D eigenvalue weighted by Crippen LogP contribution is 2.21. The van der Waals surface area contributed by atoms with E-state index in [9.17, 15) is 4.79 Å². The van der Waals surface area contributed by atoms with Crippen LogP contribution in [0.5, 0.6) is 0 Å². The highest BCUT2D eigenvalue weighted by Gasteiger charge is 2.30. The Morgan fingerprint density at radius 2 is 2.00 bits per heavy atom. The van der Waals surface area contributed by atoms with Gasteiger partial charge in [0.25, 0.3) is 0 Å². The second kappa shape index (κ2) is 5.83. The zero-order valence-electron chi connectivity index (χ0n) is 10.8. The number of aliphatic carboxylic acids is 1. The van der Waals surface area contributed by atoms with E-state index in [2.05, 4.69) is 9.80 Å². The molecule has 2 aliphatic rings. The number of carboxylic acids is 1. The third kappa shape index (κ3) is 3.42. The Bertz CT molecular complexity index is 264. The summed E-state index contributed by atoms with van der Waals surface area (Å²) in [6.45, 7) is 7.36. The molecule has 4 heteroatoms. The van der Waals surface area contributed by atoms with Crippen LogP contribution in [0, 0.1) is 5.92 Å². The van der Waals surface area contributed by atoms with Gasteiger partial charge in [-0.3, -0.25) is 9.69 Å². The van der Waals surface area contributed by atoms with Gasteiger partial charge in [-0.05, 0) is 51.7 Å². The highest BCUT2D eigenvalue weighted by molar-refractivity contribution is 5.72. The Labute approximate surface area is 104 Å². The van der Waals surface area contributed by atoms with E-state index in [1.165, 1.54) is 38.9 Å². The van der Waals surface area contributed by atoms with Gasteiger partial charge in [-0.25, -0.2) is 0 Å². The quantitative estimate of drug-likeness (QED) is 0.803. The van der Waals surface area contributed by atoms with Gasteiger partial charge in [0.05, 0.1) is 0 Å². The van der Waals surface area contributed by atoms with Gasteiger partial charge < -0.3 is 10.0 Å². The van der Waals surface area contributed by atoms with Crippen LogP contribution in [0.4, 0.5) is 0 Å². The van der Waals surface area contributed by atoms with Crippen molar-refractivity contribution < 1.29 is 9.90 Å². The Morgan fingerprint density at radius 1 is 1.29 bits per heavy atom. The monoisotopic (exact) mass is 240 g/mol. The van der Waals surface area contributed by atoms with Crippen LogP contribution in [-0.2, 0) is 4.79 Å². The van der Waals surface area contributed by atoms with Crippen LogP contribution in [0.15, 0.2) is 0 Å². The zero-order valence-corrected chi connectivity index (χ0v) is 10.8. The van der Waals surface area contributed by atoms with Crippen molar-refractivity contribution in [1.29, 1.82) is 0 Å². The fraction of sp³-hybridized carbons (Fsp3) is 0.923. The first-order chi connectivity index (χ1) is 8.16. The van der Waals surface area contributed by atoms with Crippen molar-refractivity contribution in [2.75, 3.05) is 32.7 Å². The van der Waals surface area contributed by atoms with Crippen molar-refractivity contribution in [1.82, 2.24) is 9.80 Å². The molecule has 98 valence electrons. The molecule has 17 heavy (non-hydrogen) atoms. The maximum atomic E-state index is 10.9. The number of rotatable bonds is 4. The molecule has 2 fully saturated rings. The van der Waals surface area contributed by atoms with Crippen LogP contribution < -0.4 is 0 Å². The van der Waals surface area contributed by atoms with Gasteiger partial charge in [-0.1, -0.05) is 6.42 Å². The first kappa shape index (κ1) is 12.8. The Morgan fingerprint density at radius 3 is 2.65 bits per heavy atom. The van der Waals surface area contributed by atoms with Gasteiger partial charge in [0, 0.05) is 13.1 Å². The SMILES string of the molecule is CC(C(=O)O)N1CCC(CN2CCCCC2)C1. The second-order valence-corrected chi connectivity index (χ2v) is 5.53. The van der Waals surface area contributed by atoms with E-state index >= 15 is 0 Å². The molecule has 0 aromatic heterocycles. The number of nitrogens with zero attached hydrogens (tertiary/aromatic N) is 2. The molecular formula is C13H24N2O2. The van der Waals surface area contributed by atoms with Crippen molar-refractivity contribution in [2.24, 2.45) is 5.92 Å². The Hall–Kier alpha value is -0.610. The smallest absolute Gasteiger partial charge is 0.320 e. The lowest BCUT2D eigenvalue weighted by atomic mass is 10.1. The molecule has 2 rings (SSSR count). The van der Waals surface area contributed by atoms with Gasteiger partial charge in [-0.2, -0.15) is 0 Å². The second-order valence-electron chi connectivity index (χ2n) is 5.53. The lowest BCUT2D eigenvalue weighted by Crippen LogP contribution is -2.39. The lowest BCUT2D eigenvalue weighted by molar-refractivity contribution is -0.142. The molecule has 2 saturated heterocycles. The van der Waals surface area contributed by atoms with E-state index in [1.54, 1.807) is 6.92 Å². The molecule has 2 aliphatic heterocycles. The van der Waals surface area contributed by atoms with Crippen LogP contribution in [-0.4, -0.2) is 59.6 Å². The number of piperidine rings is 1. The Kier molecular flexibility index (Phi) is 4.40. The summed E-state index contributed by atoms with van der Waals surface area (Å²) in [5.74, 6) is -0.0153. The minimum atomic E-state index is -0.691. The van der Waals surface area contributed by atoms with Crippen molar-refractivity contribution in [3.8, 4) is 0 Å². The summed E-state index contributed by atoms with van der Waals surface area (Å²) in [7, 11) is 0. The summed E-state index contributed by atoms with van der Waals surface area (Å²) < 4.78 is 0. The average molecular weight is 240 g/mol. The van der Waals surface area contributed by atoms with Crippen LogP contribution in [0.2, 0.25) is 0 Å². The van der Waals surface area contributed by atoms with E-state index < -0.39 is 5.97 Å². The standard InChI is InChI=1S/C13H24N2O2/c1-11(13(16)17)15-8-5-12(10-15)9-14-6-3-2-4-7-14/h11-12H,2-10H2,1H3,(H,16,17). The summed E-state index contributed by atoms with van der Waals surface area (Å²) in [6.07, 6.45) is 5.21.